The van der Waals surface area contributed by atoms with E-state index in [4.69, 9.17) is 0 Å². The zero-order chi connectivity index (χ0) is 16.4. The molecule has 6 heteroatoms. The minimum absolute atomic E-state index is 0. The number of nitrogens with zero attached hydrogens (tertiary/aromatic N) is 2. The van der Waals surface area contributed by atoms with Crippen molar-refractivity contribution in [2.75, 3.05) is 26.7 Å². The Morgan fingerprint density at radius 2 is 1.96 bits per heavy atom. The minimum atomic E-state index is -0.210. The van der Waals surface area contributed by atoms with Crippen molar-refractivity contribution < 1.29 is 4.39 Å². The number of rotatable bonds is 8. The van der Waals surface area contributed by atoms with Crippen molar-refractivity contribution in [3.05, 3.63) is 35.6 Å². The predicted molar refractivity (Wildman–Crippen MR) is 107 cm³/mol. The first-order valence-corrected chi connectivity index (χ1v) is 8.04. The molecule has 23 heavy (non-hydrogen) atoms. The minimum Gasteiger partial charge on any atom is -0.357 e. The molecule has 0 saturated carbocycles. The Morgan fingerprint density at radius 3 is 2.57 bits per heavy atom. The standard InChI is InChI=1S/C17H29FN4.HI/c1-5-14(3)22(4)12-11-20-17(19-6-2)21-13-15-9-7-8-10-16(15)18;/h7-10,14H,5-6,11-13H2,1-4H3,(H2,19,20,21);1H. The summed E-state index contributed by atoms with van der Waals surface area (Å²) in [6.45, 7) is 9.30. The third kappa shape index (κ3) is 8.50. The van der Waals surface area contributed by atoms with E-state index in [9.17, 15) is 4.39 Å². The Balaban J connectivity index is 0.00000484. The van der Waals surface area contributed by atoms with E-state index in [1.54, 1.807) is 12.1 Å². The highest BCUT2D eigenvalue weighted by atomic mass is 127. The van der Waals surface area contributed by atoms with E-state index in [1.165, 1.54) is 6.07 Å². The second-order valence-electron chi connectivity index (χ2n) is 5.45. The summed E-state index contributed by atoms with van der Waals surface area (Å²) in [6.07, 6.45) is 1.14. The van der Waals surface area contributed by atoms with Crippen molar-refractivity contribution in [2.45, 2.75) is 39.8 Å². The van der Waals surface area contributed by atoms with Crippen molar-refractivity contribution in [2.24, 2.45) is 4.99 Å². The number of guanidine groups is 1. The molecule has 1 unspecified atom stereocenters. The van der Waals surface area contributed by atoms with Gasteiger partial charge < -0.3 is 15.5 Å². The first-order valence-electron chi connectivity index (χ1n) is 8.04. The van der Waals surface area contributed by atoms with Gasteiger partial charge in [-0.3, -0.25) is 0 Å². The lowest BCUT2D eigenvalue weighted by Crippen LogP contribution is -2.42. The first kappa shape index (κ1) is 22.1. The highest BCUT2D eigenvalue weighted by molar-refractivity contribution is 14.0. The van der Waals surface area contributed by atoms with Crippen LogP contribution in [0.1, 0.15) is 32.8 Å². The Kier molecular flexibility index (Phi) is 12.0. The molecule has 2 N–H and O–H groups in total. The number of nitrogens with one attached hydrogen (secondary N) is 2. The summed E-state index contributed by atoms with van der Waals surface area (Å²) in [6, 6.07) is 7.32. The van der Waals surface area contributed by atoms with Gasteiger partial charge >= 0.3 is 0 Å². The molecule has 0 aromatic heterocycles. The van der Waals surface area contributed by atoms with Gasteiger partial charge in [-0.05, 0) is 33.4 Å². The van der Waals surface area contributed by atoms with Crippen LogP contribution in [-0.2, 0) is 6.54 Å². The molecule has 4 nitrogen and oxygen atoms in total. The van der Waals surface area contributed by atoms with Gasteiger partial charge in [0.1, 0.15) is 5.82 Å². The lowest BCUT2D eigenvalue weighted by Gasteiger charge is -2.24. The normalized spacial score (nSPS) is 12.7. The maximum absolute atomic E-state index is 13.6. The lowest BCUT2D eigenvalue weighted by atomic mass is 10.2. The van der Waals surface area contributed by atoms with Crippen LogP contribution in [0.25, 0.3) is 0 Å². The molecule has 0 aliphatic carbocycles. The van der Waals surface area contributed by atoms with Crippen molar-refractivity contribution in [3.8, 4) is 0 Å². The summed E-state index contributed by atoms with van der Waals surface area (Å²) < 4.78 is 13.6. The molecular weight excluding hydrogens is 406 g/mol. The fraction of sp³-hybridized carbons (Fsp3) is 0.588. The molecular formula is C17H30FIN4. The number of benzene rings is 1. The van der Waals surface area contributed by atoms with Gasteiger partial charge in [0.15, 0.2) is 5.96 Å². The van der Waals surface area contributed by atoms with E-state index in [-0.39, 0.29) is 29.8 Å². The molecule has 0 bridgehead atoms. The number of likely N-dealkylation sites (N-methyl/N-ethyl adjacent to an activating group) is 1. The number of halogens is 2. The van der Waals surface area contributed by atoms with Gasteiger partial charge in [-0.15, -0.1) is 24.0 Å². The Labute approximate surface area is 157 Å². The third-order valence-corrected chi connectivity index (χ3v) is 3.81. The Bertz CT molecular complexity index is 468. The maximum atomic E-state index is 13.6. The average molecular weight is 436 g/mol. The van der Waals surface area contributed by atoms with E-state index in [0.29, 0.717) is 18.2 Å². The van der Waals surface area contributed by atoms with Crippen molar-refractivity contribution in [3.63, 3.8) is 0 Å². The third-order valence-electron chi connectivity index (χ3n) is 3.81. The fourth-order valence-corrected chi connectivity index (χ4v) is 2.02. The summed E-state index contributed by atoms with van der Waals surface area (Å²) in [7, 11) is 2.12. The van der Waals surface area contributed by atoms with Crippen LogP contribution in [-0.4, -0.2) is 43.6 Å². The Hall–Kier alpha value is -0.890. The molecule has 1 rings (SSSR count). The number of hydrogen-bond acceptors (Lipinski definition) is 2. The van der Waals surface area contributed by atoms with E-state index in [2.05, 4.69) is 41.4 Å². The zero-order valence-corrected chi connectivity index (χ0v) is 16.9. The van der Waals surface area contributed by atoms with Crippen LogP contribution in [0.2, 0.25) is 0 Å². The maximum Gasteiger partial charge on any atom is 0.191 e. The molecule has 0 fully saturated rings. The highest BCUT2D eigenvalue weighted by Gasteiger charge is 2.06. The second kappa shape index (κ2) is 12.5. The van der Waals surface area contributed by atoms with E-state index >= 15 is 0 Å². The van der Waals surface area contributed by atoms with Gasteiger partial charge in [-0.25, -0.2) is 9.38 Å². The molecule has 1 atom stereocenters. The summed E-state index contributed by atoms with van der Waals surface area (Å²) in [4.78, 5) is 6.76. The monoisotopic (exact) mass is 436 g/mol. The van der Waals surface area contributed by atoms with Crippen LogP contribution in [0.5, 0.6) is 0 Å². The summed E-state index contributed by atoms with van der Waals surface area (Å²) >= 11 is 0. The molecule has 1 aromatic carbocycles. The SMILES string of the molecule is CCNC(=NCc1ccccc1F)NCCN(C)C(C)CC.I. The molecule has 0 amide bonds. The van der Waals surface area contributed by atoms with Gasteiger partial charge in [0.05, 0.1) is 6.54 Å². The van der Waals surface area contributed by atoms with Gasteiger partial charge in [0, 0.05) is 31.2 Å². The van der Waals surface area contributed by atoms with E-state index < -0.39 is 0 Å². The Morgan fingerprint density at radius 1 is 1.26 bits per heavy atom. The first-order chi connectivity index (χ1) is 10.6. The number of hydrogen-bond donors (Lipinski definition) is 2. The topological polar surface area (TPSA) is 39.7 Å². The van der Waals surface area contributed by atoms with Gasteiger partial charge in [-0.2, -0.15) is 0 Å². The van der Waals surface area contributed by atoms with Crippen LogP contribution in [0.15, 0.2) is 29.3 Å². The molecule has 0 heterocycles. The van der Waals surface area contributed by atoms with Crippen molar-refractivity contribution in [1.82, 2.24) is 15.5 Å². The quantitative estimate of drug-likeness (QED) is 0.374. The van der Waals surface area contributed by atoms with Crippen LogP contribution in [0.3, 0.4) is 0 Å². The van der Waals surface area contributed by atoms with Gasteiger partial charge in [-0.1, -0.05) is 25.1 Å². The molecule has 0 aliphatic rings. The largest absolute Gasteiger partial charge is 0.357 e. The zero-order valence-electron chi connectivity index (χ0n) is 14.6. The molecule has 132 valence electrons. The number of aliphatic imine (C=N–C) groups is 1. The fourth-order valence-electron chi connectivity index (χ4n) is 2.02. The predicted octanol–water partition coefficient (Wildman–Crippen LogP) is 3.23. The molecule has 0 spiro atoms. The van der Waals surface area contributed by atoms with E-state index in [0.717, 1.165) is 32.0 Å². The summed E-state index contributed by atoms with van der Waals surface area (Å²) in [5, 5.41) is 6.48. The van der Waals surface area contributed by atoms with Gasteiger partial charge in [0.2, 0.25) is 0 Å². The average Bonchev–Trinajstić information content (AvgIpc) is 2.52. The summed E-state index contributed by atoms with van der Waals surface area (Å²) in [5.74, 6) is 0.516. The van der Waals surface area contributed by atoms with Gasteiger partial charge in [0.25, 0.3) is 0 Å². The smallest absolute Gasteiger partial charge is 0.191 e. The van der Waals surface area contributed by atoms with E-state index in [1.807, 2.05) is 13.0 Å². The summed E-state index contributed by atoms with van der Waals surface area (Å²) in [5.41, 5.74) is 0.608. The lowest BCUT2D eigenvalue weighted by molar-refractivity contribution is 0.255. The van der Waals surface area contributed by atoms with Crippen molar-refractivity contribution >= 4 is 29.9 Å². The molecule has 0 aliphatic heterocycles. The van der Waals surface area contributed by atoms with Crippen LogP contribution < -0.4 is 10.6 Å². The molecule has 1 aromatic rings. The molecule has 0 saturated heterocycles. The van der Waals surface area contributed by atoms with Crippen LogP contribution in [0, 0.1) is 5.82 Å². The second-order valence-corrected chi connectivity index (χ2v) is 5.45. The molecule has 0 radical (unpaired) electrons. The van der Waals surface area contributed by atoms with Crippen LogP contribution in [0.4, 0.5) is 4.39 Å². The van der Waals surface area contributed by atoms with Crippen LogP contribution >= 0.6 is 24.0 Å². The highest BCUT2D eigenvalue weighted by Crippen LogP contribution is 2.07. The van der Waals surface area contributed by atoms with Crippen molar-refractivity contribution in [1.29, 1.82) is 0 Å².